The molecule has 1 nitrogen and oxygen atoms in total. The van der Waals surface area contributed by atoms with Crippen LogP contribution < -0.4 is 0 Å². The highest BCUT2D eigenvalue weighted by molar-refractivity contribution is 7.99. The minimum absolute atomic E-state index is 0.279. The van der Waals surface area contributed by atoms with Gasteiger partial charge >= 0.3 is 0 Å². The van der Waals surface area contributed by atoms with Crippen LogP contribution in [0.1, 0.15) is 91.0 Å². The summed E-state index contributed by atoms with van der Waals surface area (Å²) in [6.45, 7) is 10.2. The number of phenols is 1. The van der Waals surface area contributed by atoms with Gasteiger partial charge in [-0.1, -0.05) is 59.4 Å². The maximum Gasteiger partial charge on any atom is 0.116 e. The Hall–Kier alpha value is -0.630. The van der Waals surface area contributed by atoms with Crippen LogP contribution >= 0.6 is 11.8 Å². The van der Waals surface area contributed by atoms with Crippen LogP contribution in [0.3, 0.4) is 0 Å². The van der Waals surface area contributed by atoms with E-state index in [4.69, 9.17) is 0 Å². The molecule has 4 rings (SSSR count). The molecule has 3 aliphatic rings. The number of benzene rings is 1. The third-order valence-corrected chi connectivity index (χ3v) is 10.1. The molecule has 0 radical (unpaired) electrons. The predicted octanol–water partition coefficient (Wildman–Crippen LogP) is 7.56. The summed E-state index contributed by atoms with van der Waals surface area (Å²) in [6, 6.07) is 6.15. The molecule has 2 fully saturated rings. The van der Waals surface area contributed by atoms with Gasteiger partial charge in [0, 0.05) is 10.6 Å². The molecular formula is C25H38OS. The van der Waals surface area contributed by atoms with E-state index in [0.29, 0.717) is 16.6 Å². The van der Waals surface area contributed by atoms with E-state index < -0.39 is 0 Å². The van der Waals surface area contributed by atoms with Crippen molar-refractivity contribution >= 4 is 11.8 Å². The lowest BCUT2D eigenvalue weighted by molar-refractivity contribution is -0.108. The summed E-state index contributed by atoms with van der Waals surface area (Å²) >= 11 is 2.00. The summed E-state index contributed by atoms with van der Waals surface area (Å²) < 4.78 is 0. The second-order valence-corrected chi connectivity index (χ2v) is 11.6. The number of hydrogen-bond acceptors (Lipinski definition) is 2. The molecule has 1 aromatic carbocycles. The molecule has 0 bridgehead atoms. The summed E-state index contributed by atoms with van der Waals surface area (Å²) in [6.07, 6.45) is 12.5. The molecule has 2 saturated carbocycles. The summed E-state index contributed by atoms with van der Waals surface area (Å²) in [5, 5.41) is 9.96. The fourth-order valence-corrected chi connectivity index (χ4v) is 9.26. The van der Waals surface area contributed by atoms with Gasteiger partial charge in [0.15, 0.2) is 0 Å². The van der Waals surface area contributed by atoms with Crippen LogP contribution in [0.4, 0.5) is 0 Å². The van der Waals surface area contributed by atoms with E-state index in [0.717, 1.165) is 11.8 Å². The standard InChI is InChI=1S/C25H38OS/c1-5-6-7-12-23(2)13-8-14-25(4)21(23)11-15-24(3)19-10-9-18(26)16-20(19)27-17-22(24)25/h9-10,16,21-22,26H,5-8,11-15,17H2,1-4H3. The monoisotopic (exact) mass is 386 g/mol. The molecule has 27 heavy (non-hydrogen) atoms. The Morgan fingerprint density at radius 2 is 1.89 bits per heavy atom. The molecule has 5 atom stereocenters. The minimum Gasteiger partial charge on any atom is -0.508 e. The number of aromatic hydroxyl groups is 1. The molecule has 1 N–H and O–H groups in total. The van der Waals surface area contributed by atoms with Crippen molar-refractivity contribution in [1.82, 2.24) is 0 Å². The van der Waals surface area contributed by atoms with Crippen molar-refractivity contribution in [3.05, 3.63) is 23.8 Å². The Kier molecular flexibility index (Phi) is 5.11. The van der Waals surface area contributed by atoms with E-state index >= 15 is 0 Å². The van der Waals surface area contributed by atoms with E-state index in [-0.39, 0.29) is 5.41 Å². The Morgan fingerprint density at radius 1 is 1.07 bits per heavy atom. The third kappa shape index (κ3) is 3.05. The van der Waals surface area contributed by atoms with Gasteiger partial charge < -0.3 is 5.11 Å². The van der Waals surface area contributed by atoms with Crippen LogP contribution in [0.25, 0.3) is 0 Å². The van der Waals surface area contributed by atoms with Gasteiger partial charge in [-0.25, -0.2) is 0 Å². The third-order valence-electron chi connectivity index (χ3n) is 8.96. The molecule has 1 heterocycles. The van der Waals surface area contributed by atoms with Gasteiger partial charge in [0.05, 0.1) is 0 Å². The van der Waals surface area contributed by atoms with E-state index in [1.165, 1.54) is 74.0 Å². The van der Waals surface area contributed by atoms with Gasteiger partial charge in [0.25, 0.3) is 0 Å². The molecular weight excluding hydrogens is 348 g/mol. The SMILES string of the molecule is CCCCCC1(C)CCCC2(C)C1CCC1(C)c3ccc(O)cc3SCC12. The topological polar surface area (TPSA) is 20.2 Å². The highest BCUT2D eigenvalue weighted by atomic mass is 32.2. The van der Waals surface area contributed by atoms with Crippen LogP contribution in [0, 0.1) is 22.7 Å². The van der Waals surface area contributed by atoms with Crippen LogP contribution in [0.15, 0.2) is 23.1 Å². The zero-order chi connectivity index (χ0) is 19.3. The first kappa shape index (κ1) is 19.7. The van der Waals surface area contributed by atoms with Crippen molar-refractivity contribution in [3.63, 3.8) is 0 Å². The summed E-state index contributed by atoms with van der Waals surface area (Å²) in [5.41, 5.74) is 2.80. The van der Waals surface area contributed by atoms with Crippen molar-refractivity contribution in [2.24, 2.45) is 22.7 Å². The van der Waals surface area contributed by atoms with Gasteiger partial charge in [-0.2, -0.15) is 0 Å². The van der Waals surface area contributed by atoms with E-state index in [1.807, 2.05) is 23.9 Å². The molecule has 0 saturated heterocycles. The number of fused-ring (bicyclic) bond motifs is 5. The fourth-order valence-electron chi connectivity index (χ4n) is 7.51. The number of rotatable bonds is 4. The molecule has 0 aromatic heterocycles. The average Bonchev–Trinajstić information content (AvgIpc) is 2.61. The van der Waals surface area contributed by atoms with E-state index in [1.54, 1.807) is 0 Å². The van der Waals surface area contributed by atoms with Crippen molar-refractivity contribution in [2.45, 2.75) is 95.8 Å². The predicted molar refractivity (Wildman–Crippen MR) is 117 cm³/mol. The molecule has 5 unspecified atom stereocenters. The van der Waals surface area contributed by atoms with E-state index in [9.17, 15) is 5.11 Å². The number of hydrogen-bond donors (Lipinski definition) is 1. The first-order chi connectivity index (χ1) is 12.8. The van der Waals surface area contributed by atoms with Crippen molar-refractivity contribution < 1.29 is 5.11 Å². The quantitative estimate of drug-likeness (QED) is 0.539. The first-order valence-corrected chi connectivity index (χ1v) is 12.3. The lowest BCUT2D eigenvalue weighted by Crippen LogP contribution is -2.58. The molecule has 0 amide bonds. The number of phenolic OH excluding ortho intramolecular Hbond substituents is 1. The molecule has 2 aliphatic carbocycles. The van der Waals surface area contributed by atoms with Gasteiger partial charge in [0.1, 0.15) is 5.75 Å². The van der Waals surface area contributed by atoms with Gasteiger partial charge in [-0.3, -0.25) is 0 Å². The van der Waals surface area contributed by atoms with Crippen molar-refractivity contribution in [2.75, 3.05) is 5.75 Å². The Labute approximate surface area is 170 Å². The number of thioether (sulfide) groups is 1. The van der Waals surface area contributed by atoms with Gasteiger partial charge in [-0.15, -0.1) is 11.8 Å². The Balaban J connectivity index is 1.67. The molecule has 1 aromatic rings. The normalized spacial score (nSPS) is 40.7. The lowest BCUT2D eigenvalue weighted by Gasteiger charge is -2.64. The fraction of sp³-hybridized carbons (Fsp3) is 0.760. The van der Waals surface area contributed by atoms with Crippen molar-refractivity contribution in [3.8, 4) is 5.75 Å². The summed E-state index contributed by atoms with van der Waals surface area (Å²) in [5.74, 6) is 3.29. The second-order valence-electron chi connectivity index (χ2n) is 10.5. The molecule has 0 spiro atoms. The molecule has 1 aliphatic heterocycles. The Bertz CT molecular complexity index is 700. The largest absolute Gasteiger partial charge is 0.508 e. The van der Waals surface area contributed by atoms with Gasteiger partial charge in [0.2, 0.25) is 0 Å². The smallest absolute Gasteiger partial charge is 0.116 e. The number of unbranched alkanes of at least 4 members (excludes halogenated alkanes) is 2. The van der Waals surface area contributed by atoms with Crippen LogP contribution in [0.5, 0.6) is 5.75 Å². The van der Waals surface area contributed by atoms with Gasteiger partial charge in [-0.05, 0) is 77.9 Å². The average molecular weight is 387 g/mol. The zero-order valence-electron chi connectivity index (χ0n) is 17.8. The molecule has 150 valence electrons. The molecule has 2 heteroatoms. The maximum absolute atomic E-state index is 9.96. The summed E-state index contributed by atoms with van der Waals surface area (Å²) in [7, 11) is 0. The second kappa shape index (κ2) is 7.01. The highest BCUT2D eigenvalue weighted by Crippen LogP contribution is 2.68. The maximum atomic E-state index is 9.96. The van der Waals surface area contributed by atoms with Crippen LogP contribution in [-0.4, -0.2) is 10.9 Å². The first-order valence-electron chi connectivity index (χ1n) is 11.3. The highest BCUT2D eigenvalue weighted by Gasteiger charge is 2.60. The van der Waals surface area contributed by atoms with Crippen LogP contribution in [0.2, 0.25) is 0 Å². The van der Waals surface area contributed by atoms with Crippen molar-refractivity contribution in [1.29, 1.82) is 0 Å². The lowest BCUT2D eigenvalue weighted by atomic mass is 9.42. The summed E-state index contributed by atoms with van der Waals surface area (Å²) in [4.78, 5) is 1.33. The minimum atomic E-state index is 0.279. The van der Waals surface area contributed by atoms with Crippen LogP contribution in [-0.2, 0) is 5.41 Å². The zero-order valence-corrected chi connectivity index (χ0v) is 18.6. The van der Waals surface area contributed by atoms with E-state index in [2.05, 4.69) is 33.8 Å². The Morgan fingerprint density at radius 3 is 2.67 bits per heavy atom.